The number of nitrogens with two attached hydrogens (primary N) is 2. The first kappa shape index (κ1) is 98.3. The molecule has 1 aliphatic rings. The first-order valence-corrected chi connectivity index (χ1v) is 39.0. The fourth-order valence-electron chi connectivity index (χ4n) is 12.9. The summed E-state index contributed by atoms with van der Waals surface area (Å²) in [5.74, 6) is -27.0. The van der Waals surface area contributed by atoms with E-state index in [1.165, 1.54) is 32.0 Å². The number of ether oxygens (including phenoxy) is 3. The van der Waals surface area contributed by atoms with E-state index in [0.29, 0.717) is 29.3 Å². The Morgan fingerprint density at radius 1 is 0.686 bits per heavy atom. The maximum Gasteiger partial charge on any atom is 0.329 e. The number of cyclic esters (lactones) is 1. The van der Waals surface area contributed by atoms with Gasteiger partial charge in [-0.3, -0.25) is 86.3 Å². The molecule has 0 spiro atoms. The van der Waals surface area contributed by atoms with Crippen molar-refractivity contribution < 1.29 is 121 Å². The molecule has 0 saturated carbocycles. The number of esters is 1. The fourth-order valence-corrected chi connectivity index (χ4v) is 12.9. The van der Waals surface area contributed by atoms with Crippen molar-refractivity contribution in [2.24, 2.45) is 35.1 Å². The van der Waals surface area contributed by atoms with Crippen LogP contribution in [-0.2, 0) is 107 Å². The number of H-pyrrole nitrogens is 1. The monoisotopic (exact) mass is 1660 g/mol. The highest BCUT2D eigenvalue weighted by Crippen LogP contribution is 2.26. The van der Waals surface area contributed by atoms with Gasteiger partial charge in [-0.05, 0) is 89.2 Å². The number of aliphatic hydroxyl groups excluding tert-OH is 1. The van der Waals surface area contributed by atoms with Crippen molar-refractivity contribution in [3.8, 4) is 0 Å². The second-order valence-corrected chi connectivity index (χ2v) is 29.0. The normalized spacial score (nSPS) is 21.0. The van der Waals surface area contributed by atoms with Gasteiger partial charge in [-0.1, -0.05) is 82.7 Å². The maximum atomic E-state index is 15.1. The summed E-state index contributed by atoms with van der Waals surface area (Å²) >= 11 is 0. The number of hydrogen-bond donors (Lipinski definition) is 17. The number of carbonyl (C=O) groups is 19. The van der Waals surface area contributed by atoms with Crippen molar-refractivity contribution in [1.82, 2.24) is 58.2 Å². The second kappa shape index (κ2) is 51.1. The van der Waals surface area contributed by atoms with Crippen LogP contribution in [0.3, 0.4) is 0 Å². The lowest BCUT2D eigenvalue weighted by Gasteiger charge is -2.29. The van der Waals surface area contributed by atoms with E-state index in [4.69, 9.17) is 25.7 Å². The molecule has 648 valence electrons. The quantitative estimate of drug-likeness (QED) is 0.0109. The van der Waals surface area contributed by atoms with Crippen LogP contribution in [0.5, 0.6) is 0 Å². The van der Waals surface area contributed by atoms with Gasteiger partial charge in [0.2, 0.25) is 59.1 Å². The first-order chi connectivity index (χ1) is 56.1. The number of benzene rings is 2. The predicted molar refractivity (Wildman–Crippen MR) is 422 cm³/mol. The number of aromatic amines is 1. The van der Waals surface area contributed by atoms with Crippen molar-refractivity contribution in [3.63, 3.8) is 0 Å². The molecule has 0 aliphatic carbocycles. The molecule has 0 unspecified atom stereocenters. The molecular weight excluding hydrogens is 1540 g/mol. The Morgan fingerprint density at radius 2 is 1.32 bits per heavy atom. The van der Waals surface area contributed by atoms with E-state index in [1.54, 1.807) is 25.3 Å². The summed E-state index contributed by atoms with van der Waals surface area (Å²) in [7, 11) is 0. The number of carboxylic acid groups (broad SMARTS) is 2. The fraction of sp³-hybridized carbons (Fsp3) is 0.557. The van der Waals surface area contributed by atoms with Gasteiger partial charge in [-0.25, -0.2) is 4.79 Å². The van der Waals surface area contributed by atoms with E-state index in [9.17, 15) is 102 Å². The lowest BCUT2D eigenvalue weighted by atomic mass is 9.84. The third kappa shape index (κ3) is 33.7. The predicted octanol–water partition coefficient (Wildman–Crippen LogP) is -0.808. The number of aryl methyl sites for hydroxylation is 1. The molecule has 10 amide bonds. The number of aromatic nitrogens is 1. The van der Waals surface area contributed by atoms with Crippen LogP contribution >= 0.6 is 0 Å². The van der Waals surface area contributed by atoms with Gasteiger partial charge in [0, 0.05) is 91.5 Å². The number of aliphatic carboxylic acids is 2. The molecule has 39 heteroatoms. The van der Waals surface area contributed by atoms with Crippen LogP contribution in [0.2, 0.25) is 0 Å². The van der Waals surface area contributed by atoms with Gasteiger partial charge in [0.15, 0.2) is 23.1 Å². The Bertz CT molecular complexity index is 4050. The molecule has 0 radical (unpaired) electrons. The number of hydrogen-bond acceptors (Lipinski definition) is 26. The summed E-state index contributed by atoms with van der Waals surface area (Å²) in [5.41, 5.74) is 13.5. The van der Waals surface area contributed by atoms with Crippen molar-refractivity contribution in [1.29, 1.82) is 0 Å². The van der Waals surface area contributed by atoms with Gasteiger partial charge in [-0.15, -0.1) is 0 Å². The Labute approximate surface area is 681 Å². The third-order valence-electron chi connectivity index (χ3n) is 19.5. The average molecular weight is 1660 g/mol. The number of carboxylic acids is 2. The summed E-state index contributed by atoms with van der Waals surface area (Å²) < 4.78 is 15.6. The highest BCUT2D eigenvalue weighted by atomic mass is 16.5. The molecule has 19 N–H and O–H groups in total. The molecule has 39 nitrogen and oxygen atoms in total. The van der Waals surface area contributed by atoms with E-state index < -0.39 is 256 Å². The standard InChI is InChI=1S/C79H112N14O25/c1-8-10-11-12-13-14-15-22-67(102)88-58(28-49-35-84-55-24-23-43(3)26-53(49)55)77(113)90-57(34-66(81)101)64(99)29-48(31-71(107)108)74(110)93-72-47(7)118-79(115)59(33-62(97)51-19-16-17-20-54(51)82-9-2)91-76(112)52(44(4)27-70(105)106)32-65(100)60(38-94)89-68(103)36-83-45(5)61(40-117-42-96)92-73(109)46(6)86-75(111)50(39-116-41-95)30-63(98)56(21-18-25-80)87-69(104)37-85-78(72)114/h16-17,19-20,23-24,26,35,41-42,44,46-48,50,52,56-61,72,82-84,94H,5,8-15,18,21-22,25,27-34,36-40,80H2,1-4,6-7H3,(H2,81,101)(H,85,114)(H,86,111)(H,87,104)(H,88,102)(H,89,103)(H,90,113)(H,91,112)(H,92,109)(H,93,110)(H,105,106)(H,107,108)/t44-,46-,47-,48+,50+,52+,56+,57-,58+,59+,60-,61+,72+/m1/s1. The van der Waals surface area contributed by atoms with Gasteiger partial charge in [0.05, 0.1) is 56.5 Å². The van der Waals surface area contributed by atoms with Gasteiger partial charge >= 0.3 is 17.9 Å². The van der Waals surface area contributed by atoms with Crippen molar-refractivity contribution in [3.05, 3.63) is 77.6 Å². The van der Waals surface area contributed by atoms with Crippen molar-refractivity contribution in [2.45, 2.75) is 212 Å². The minimum atomic E-state index is -2.34. The molecular formula is C79H112N14O25. The number of unbranched alkanes of at least 4 members (excludes halogenated alkanes) is 6. The molecule has 2 heterocycles. The minimum absolute atomic E-state index is 0.00844. The molecule has 4 rings (SSSR count). The Hall–Kier alpha value is -12.0. The van der Waals surface area contributed by atoms with E-state index in [2.05, 4.69) is 77.0 Å². The van der Waals surface area contributed by atoms with Crippen LogP contribution in [-0.4, -0.2) is 234 Å². The highest BCUT2D eigenvalue weighted by Gasteiger charge is 2.41. The third-order valence-corrected chi connectivity index (χ3v) is 19.5. The number of anilines is 1. The zero-order valence-electron chi connectivity index (χ0n) is 67.1. The molecule has 1 fully saturated rings. The number of rotatable bonds is 40. The zero-order chi connectivity index (χ0) is 87.7. The zero-order valence-corrected chi connectivity index (χ0v) is 67.1. The van der Waals surface area contributed by atoms with E-state index in [-0.39, 0.29) is 68.7 Å². The van der Waals surface area contributed by atoms with Crippen LogP contribution in [0.25, 0.3) is 10.9 Å². The smallest absolute Gasteiger partial charge is 0.329 e. The van der Waals surface area contributed by atoms with E-state index in [1.807, 2.05) is 19.1 Å². The molecule has 1 aromatic heterocycles. The summed E-state index contributed by atoms with van der Waals surface area (Å²) in [6.45, 7) is 8.41. The van der Waals surface area contributed by atoms with Gasteiger partial charge < -0.3 is 104 Å². The summed E-state index contributed by atoms with van der Waals surface area (Å²) in [6, 6.07) is -2.84. The molecule has 118 heavy (non-hydrogen) atoms. The van der Waals surface area contributed by atoms with E-state index in [0.717, 1.165) is 44.6 Å². The summed E-state index contributed by atoms with van der Waals surface area (Å²) in [4.78, 5) is 265. The van der Waals surface area contributed by atoms with Gasteiger partial charge in [0.25, 0.3) is 12.9 Å². The SMILES string of the molecule is C=C1NCC(=O)N[C@H](CO)C(=O)C[C@@H]([C@H](C)CC(=O)O)C(=O)N[C@@H](CC(=O)c2ccccc2NCC)C(=O)O[C@H](C)[C@H](NC(=O)[C@H](CC(=O)O)CC(=O)[C@@H](CC(N)=O)NC(=O)[C@H](Cc2c[nH]c3ccc(C)cc23)NC(=O)CCCCCCCCC)C(=O)NCC(=O)N[C@@H](CCCN)C(=O)C[C@@H](COC=O)C(=O)N[C@H](C)C(=O)N[C@H]1COC=O. The topological polar surface area (TPSA) is 613 Å². The largest absolute Gasteiger partial charge is 0.481 e. The molecule has 1 saturated heterocycles. The number of nitrogens with one attached hydrogen (secondary N) is 12. The second-order valence-electron chi connectivity index (χ2n) is 29.0. The number of carbonyl (C=O) groups excluding carboxylic acids is 17. The number of Topliss-reactive ketones (excluding diaryl/α,β-unsaturated/α-hetero) is 4. The highest BCUT2D eigenvalue weighted by molar-refractivity contribution is 6.05. The minimum Gasteiger partial charge on any atom is -0.481 e. The number of aliphatic hydroxyl groups is 1. The van der Waals surface area contributed by atoms with Crippen molar-refractivity contribution >= 4 is 130 Å². The molecule has 13 atom stereocenters. The molecule has 0 bridgehead atoms. The summed E-state index contributed by atoms with van der Waals surface area (Å²) in [6.07, 6.45) is -1.78. The maximum absolute atomic E-state index is 15.1. The Morgan fingerprint density at radius 3 is 1.97 bits per heavy atom. The Kier molecular flexibility index (Phi) is 42.6. The van der Waals surface area contributed by atoms with Crippen LogP contribution in [0.4, 0.5) is 5.69 Å². The lowest BCUT2D eigenvalue weighted by molar-refractivity contribution is -0.156. The first-order valence-electron chi connectivity index (χ1n) is 39.0. The van der Waals surface area contributed by atoms with Gasteiger partial charge in [-0.2, -0.15) is 0 Å². The number of fused-ring (bicyclic) bond motifs is 1. The van der Waals surface area contributed by atoms with Crippen LogP contribution < -0.4 is 70.0 Å². The molecule has 2 aromatic carbocycles. The molecule has 1 aliphatic heterocycles. The van der Waals surface area contributed by atoms with Gasteiger partial charge in [0.1, 0.15) is 55.6 Å². The van der Waals surface area contributed by atoms with Crippen LogP contribution in [0.15, 0.2) is 60.9 Å². The van der Waals surface area contributed by atoms with Crippen LogP contribution in [0, 0.1) is 30.6 Å². The number of ketones is 4. The molecule has 3 aromatic rings. The number of primary amides is 1. The Balaban J connectivity index is 1.90. The summed E-state index contributed by atoms with van der Waals surface area (Å²) in [5, 5.41) is 58.6. The number of amides is 10. The lowest BCUT2D eigenvalue weighted by Crippen LogP contribution is -2.57. The number of para-hydroxylation sites is 1. The average Bonchev–Trinajstić information content (AvgIpc) is 1.61. The van der Waals surface area contributed by atoms with Crippen LogP contribution in [0.1, 0.15) is 165 Å². The van der Waals surface area contributed by atoms with E-state index >= 15 is 4.79 Å². The van der Waals surface area contributed by atoms with Crippen molar-refractivity contribution in [2.75, 3.05) is 51.3 Å².